The van der Waals surface area contributed by atoms with Crippen LogP contribution in [0.25, 0.3) is 11.5 Å². The van der Waals surface area contributed by atoms with Crippen molar-refractivity contribution in [2.75, 3.05) is 5.32 Å². The Morgan fingerprint density at radius 3 is 2.70 bits per heavy atom. The van der Waals surface area contributed by atoms with Gasteiger partial charge < -0.3 is 14.6 Å². The van der Waals surface area contributed by atoms with Crippen molar-refractivity contribution in [3.63, 3.8) is 0 Å². The van der Waals surface area contributed by atoms with Crippen LogP contribution in [0.3, 0.4) is 0 Å². The molecule has 1 N–H and O–H groups in total. The lowest BCUT2D eigenvalue weighted by atomic mass is 10.2. The second-order valence-corrected chi connectivity index (χ2v) is 6.71. The first kappa shape index (κ1) is 19.2. The molecule has 4 rings (SSSR count). The Hall–Kier alpha value is -4.14. The van der Waals surface area contributed by atoms with Crippen molar-refractivity contribution in [3.05, 3.63) is 72.7 Å². The van der Waals surface area contributed by atoms with Crippen molar-refractivity contribution in [2.24, 2.45) is 0 Å². The van der Waals surface area contributed by atoms with Gasteiger partial charge in [0.2, 0.25) is 5.88 Å². The van der Waals surface area contributed by atoms with Gasteiger partial charge in [0.05, 0.1) is 0 Å². The molecule has 0 saturated heterocycles. The normalized spacial score (nSPS) is 10.8. The highest BCUT2D eigenvalue weighted by molar-refractivity contribution is 6.04. The molecule has 0 aliphatic heterocycles. The van der Waals surface area contributed by atoms with E-state index in [2.05, 4.69) is 30.7 Å². The molecule has 0 bridgehead atoms. The monoisotopic (exact) mass is 401 g/mol. The smallest absolute Gasteiger partial charge is 0.256 e. The Kier molecular flexibility index (Phi) is 5.42. The van der Waals surface area contributed by atoms with Gasteiger partial charge in [-0.2, -0.15) is 5.10 Å². The molecule has 3 heterocycles. The molecule has 30 heavy (non-hydrogen) atoms. The summed E-state index contributed by atoms with van der Waals surface area (Å²) in [5, 5.41) is 18.6. The molecule has 0 fully saturated rings. The second kappa shape index (κ2) is 8.48. The van der Waals surface area contributed by atoms with Crippen molar-refractivity contribution >= 4 is 11.7 Å². The third kappa shape index (κ3) is 4.30. The van der Waals surface area contributed by atoms with Gasteiger partial charge in [-0.3, -0.25) is 4.79 Å². The molecule has 0 radical (unpaired) electrons. The topological polar surface area (TPSA) is 108 Å². The highest BCUT2D eigenvalue weighted by atomic mass is 16.5. The molecule has 3 aromatic heterocycles. The minimum atomic E-state index is -0.311. The van der Waals surface area contributed by atoms with E-state index in [4.69, 9.17) is 4.74 Å². The van der Waals surface area contributed by atoms with E-state index < -0.39 is 0 Å². The van der Waals surface area contributed by atoms with Crippen molar-refractivity contribution in [3.8, 4) is 23.1 Å². The summed E-state index contributed by atoms with van der Waals surface area (Å²) in [5.41, 5.74) is 1.05. The predicted octanol–water partition coefficient (Wildman–Crippen LogP) is 3.76. The molecule has 0 unspecified atom stereocenters. The maximum atomic E-state index is 12.7. The molecular weight excluding hydrogens is 382 g/mol. The van der Waals surface area contributed by atoms with Gasteiger partial charge in [-0.15, -0.1) is 15.3 Å². The lowest BCUT2D eigenvalue weighted by molar-refractivity contribution is 0.102. The maximum absolute atomic E-state index is 12.7. The average molecular weight is 401 g/mol. The summed E-state index contributed by atoms with van der Waals surface area (Å²) in [5.74, 6) is 1.57. The van der Waals surface area contributed by atoms with E-state index in [-0.39, 0.29) is 11.9 Å². The van der Waals surface area contributed by atoms with Crippen LogP contribution in [0.1, 0.15) is 30.2 Å². The minimum absolute atomic E-state index is 0.187. The lowest BCUT2D eigenvalue weighted by Crippen LogP contribution is -2.13. The highest BCUT2D eigenvalue weighted by Crippen LogP contribution is 2.22. The number of nitrogens with one attached hydrogen (secondary N) is 1. The molecular formula is C21H19N7O2. The van der Waals surface area contributed by atoms with Gasteiger partial charge >= 0.3 is 0 Å². The summed E-state index contributed by atoms with van der Waals surface area (Å²) in [7, 11) is 0. The van der Waals surface area contributed by atoms with Gasteiger partial charge in [-0.05, 0) is 50.2 Å². The Labute approximate surface area is 172 Å². The first-order valence-corrected chi connectivity index (χ1v) is 9.34. The van der Waals surface area contributed by atoms with Gasteiger partial charge in [0.25, 0.3) is 5.91 Å². The predicted molar refractivity (Wildman–Crippen MR) is 110 cm³/mol. The number of aromatic nitrogens is 6. The number of ether oxygens (including phenoxy) is 1. The summed E-state index contributed by atoms with van der Waals surface area (Å²) in [6, 6.07) is 15.7. The standard InChI is InChI=1S/C21H19N7O2/c1-14(2)28-13-23-27-20(28)17-8-4-9-18(24-17)25-21(29)15-6-3-7-16(12-15)30-19-10-5-11-22-26-19/h3-14H,1-2H3,(H,24,25,29). The first-order chi connectivity index (χ1) is 14.6. The van der Waals surface area contributed by atoms with Crippen molar-refractivity contribution < 1.29 is 9.53 Å². The summed E-state index contributed by atoms with van der Waals surface area (Å²) in [4.78, 5) is 17.2. The van der Waals surface area contributed by atoms with E-state index in [1.807, 2.05) is 30.5 Å². The SMILES string of the molecule is CC(C)n1cnnc1-c1cccc(NC(=O)c2cccc(Oc3cccnn3)c2)n1. The molecule has 150 valence electrons. The number of hydrogen-bond donors (Lipinski definition) is 1. The van der Waals surface area contributed by atoms with Crippen LogP contribution >= 0.6 is 0 Å². The maximum Gasteiger partial charge on any atom is 0.256 e. The van der Waals surface area contributed by atoms with Gasteiger partial charge in [-0.1, -0.05) is 12.1 Å². The summed E-state index contributed by atoms with van der Waals surface area (Å²) in [6.45, 7) is 4.07. The quantitative estimate of drug-likeness (QED) is 0.524. The van der Waals surface area contributed by atoms with Crippen LogP contribution in [0.4, 0.5) is 5.82 Å². The Balaban J connectivity index is 1.52. The first-order valence-electron chi connectivity index (χ1n) is 9.34. The molecule has 0 aliphatic carbocycles. The molecule has 0 atom stereocenters. The Morgan fingerprint density at radius 1 is 1.03 bits per heavy atom. The largest absolute Gasteiger partial charge is 0.438 e. The number of anilines is 1. The van der Waals surface area contributed by atoms with Crippen LogP contribution in [0.2, 0.25) is 0 Å². The van der Waals surface area contributed by atoms with E-state index in [0.29, 0.717) is 34.5 Å². The van der Waals surface area contributed by atoms with Crippen LogP contribution < -0.4 is 10.1 Å². The van der Waals surface area contributed by atoms with Gasteiger partial charge in [-0.25, -0.2) is 4.98 Å². The number of pyridine rings is 1. The van der Waals surface area contributed by atoms with Crippen LogP contribution in [0, 0.1) is 0 Å². The Morgan fingerprint density at radius 2 is 1.90 bits per heavy atom. The van der Waals surface area contributed by atoms with Crippen molar-refractivity contribution in [1.29, 1.82) is 0 Å². The van der Waals surface area contributed by atoms with Crippen molar-refractivity contribution in [2.45, 2.75) is 19.9 Å². The fraction of sp³-hybridized carbons (Fsp3) is 0.143. The molecule has 9 heteroatoms. The van der Waals surface area contributed by atoms with Gasteiger partial charge in [0.1, 0.15) is 23.6 Å². The molecule has 4 aromatic rings. The number of carbonyl (C=O) groups is 1. The molecule has 0 saturated carbocycles. The van der Waals surface area contributed by atoms with Crippen LogP contribution in [-0.4, -0.2) is 35.9 Å². The van der Waals surface area contributed by atoms with Crippen LogP contribution in [0.5, 0.6) is 11.6 Å². The number of hydrogen-bond acceptors (Lipinski definition) is 7. The zero-order chi connectivity index (χ0) is 20.9. The molecule has 0 aliphatic rings. The number of nitrogens with zero attached hydrogens (tertiary/aromatic N) is 6. The van der Waals surface area contributed by atoms with Gasteiger partial charge in [0.15, 0.2) is 5.82 Å². The minimum Gasteiger partial charge on any atom is -0.438 e. The highest BCUT2D eigenvalue weighted by Gasteiger charge is 2.13. The van der Waals surface area contributed by atoms with E-state index in [1.54, 1.807) is 55.0 Å². The third-order valence-corrected chi connectivity index (χ3v) is 4.22. The van der Waals surface area contributed by atoms with Crippen LogP contribution in [-0.2, 0) is 0 Å². The number of carbonyl (C=O) groups excluding carboxylic acids is 1. The van der Waals surface area contributed by atoms with Gasteiger partial charge in [0, 0.05) is 23.9 Å². The second-order valence-electron chi connectivity index (χ2n) is 6.71. The number of benzene rings is 1. The molecule has 0 spiro atoms. The zero-order valence-corrected chi connectivity index (χ0v) is 16.4. The van der Waals surface area contributed by atoms with E-state index in [9.17, 15) is 4.79 Å². The summed E-state index contributed by atoms with van der Waals surface area (Å²) >= 11 is 0. The molecule has 9 nitrogen and oxygen atoms in total. The molecule has 1 amide bonds. The fourth-order valence-corrected chi connectivity index (χ4v) is 2.78. The number of rotatable bonds is 6. The van der Waals surface area contributed by atoms with Crippen LogP contribution in [0.15, 0.2) is 67.1 Å². The molecule has 1 aromatic carbocycles. The lowest BCUT2D eigenvalue weighted by Gasteiger charge is -2.11. The fourth-order valence-electron chi connectivity index (χ4n) is 2.78. The zero-order valence-electron chi connectivity index (χ0n) is 16.4. The van der Waals surface area contributed by atoms with E-state index in [0.717, 1.165) is 0 Å². The average Bonchev–Trinajstić information content (AvgIpc) is 3.25. The van der Waals surface area contributed by atoms with E-state index >= 15 is 0 Å². The third-order valence-electron chi connectivity index (χ3n) is 4.22. The Bertz CT molecular complexity index is 1160. The number of amides is 1. The van der Waals surface area contributed by atoms with Crippen molar-refractivity contribution in [1.82, 2.24) is 29.9 Å². The summed E-state index contributed by atoms with van der Waals surface area (Å²) in [6.07, 6.45) is 3.22. The van der Waals surface area contributed by atoms with E-state index in [1.165, 1.54) is 0 Å². The summed E-state index contributed by atoms with van der Waals surface area (Å²) < 4.78 is 7.55.